The summed E-state index contributed by atoms with van der Waals surface area (Å²) in [5, 5.41) is 1.03. The predicted octanol–water partition coefficient (Wildman–Crippen LogP) is 2.89. The zero-order valence-corrected chi connectivity index (χ0v) is 17.3. The van der Waals surface area contributed by atoms with Gasteiger partial charge in [0.2, 0.25) is 5.91 Å². The molecule has 28 heavy (non-hydrogen) atoms. The van der Waals surface area contributed by atoms with Crippen LogP contribution >= 0.6 is 11.3 Å². The van der Waals surface area contributed by atoms with Crippen LogP contribution in [0.15, 0.2) is 48.5 Å². The van der Waals surface area contributed by atoms with E-state index in [2.05, 4.69) is 15.7 Å². The van der Waals surface area contributed by atoms with Crippen molar-refractivity contribution in [1.29, 1.82) is 0 Å². The third-order valence-electron chi connectivity index (χ3n) is 4.76. The first-order valence-electron chi connectivity index (χ1n) is 9.16. The Bertz CT molecular complexity index is 962. The number of hydrogen-bond donors (Lipinski definition) is 1. The number of hydrogen-bond acceptors (Lipinski definition) is 5. The molecule has 0 bridgehead atoms. The molecule has 1 saturated heterocycles. The van der Waals surface area contributed by atoms with Crippen LogP contribution in [-0.2, 0) is 22.2 Å². The fourth-order valence-corrected chi connectivity index (χ4v) is 4.77. The number of carbonyl (C=O) groups excluding carboxylic acids is 1. The van der Waals surface area contributed by atoms with Crippen molar-refractivity contribution in [3.8, 4) is 0 Å². The average Bonchev–Trinajstić information content (AvgIpc) is 3.13. The lowest BCUT2D eigenvalue weighted by Crippen LogP contribution is -2.49. The second-order valence-electron chi connectivity index (χ2n) is 6.76. The van der Waals surface area contributed by atoms with Gasteiger partial charge >= 0.3 is 0 Å². The minimum absolute atomic E-state index is 0.142. The van der Waals surface area contributed by atoms with Gasteiger partial charge in [-0.25, -0.2) is 9.19 Å². The lowest BCUT2D eigenvalue weighted by atomic mass is 10.1. The highest BCUT2D eigenvalue weighted by molar-refractivity contribution is 7.85. The van der Waals surface area contributed by atoms with Gasteiger partial charge in [-0.05, 0) is 29.8 Å². The first-order valence-corrected chi connectivity index (χ1v) is 11.5. The summed E-state index contributed by atoms with van der Waals surface area (Å²) in [6.07, 6.45) is 1.97. The van der Waals surface area contributed by atoms with Gasteiger partial charge in [0.25, 0.3) is 0 Å². The summed E-state index contributed by atoms with van der Waals surface area (Å²) < 4.78 is 15.2. The van der Waals surface area contributed by atoms with Gasteiger partial charge in [0, 0.05) is 38.1 Å². The van der Waals surface area contributed by atoms with E-state index in [0.29, 0.717) is 19.5 Å². The number of aromatic nitrogens is 1. The SMILES string of the molecule is CS(=O)Nc1ccc(CC(=O)N2CCN(c3nc4ccccc4s3)CC2)cc1. The monoisotopic (exact) mass is 414 g/mol. The van der Waals surface area contributed by atoms with Crippen molar-refractivity contribution in [1.82, 2.24) is 9.88 Å². The second kappa shape index (κ2) is 8.28. The molecule has 0 radical (unpaired) electrons. The van der Waals surface area contributed by atoms with E-state index >= 15 is 0 Å². The molecule has 146 valence electrons. The number of thiazole rings is 1. The van der Waals surface area contributed by atoms with Gasteiger partial charge < -0.3 is 14.5 Å². The normalized spacial score (nSPS) is 15.6. The fraction of sp³-hybridized carbons (Fsp3) is 0.300. The molecule has 0 saturated carbocycles. The molecule has 1 aliphatic rings. The molecular weight excluding hydrogens is 392 g/mol. The zero-order chi connectivity index (χ0) is 19.5. The number of carbonyl (C=O) groups is 1. The van der Waals surface area contributed by atoms with Crippen LogP contribution in [0.5, 0.6) is 0 Å². The number of benzene rings is 2. The molecule has 8 heteroatoms. The second-order valence-corrected chi connectivity index (χ2v) is 8.88. The van der Waals surface area contributed by atoms with Crippen molar-refractivity contribution >= 4 is 49.3 Å². The van der Waals surface area contributed by atoms with E-state index in [1.807, 2.05) is 47.4 Å². The van der Waals surface area contributed by atoms with E-state index in [1.165, 1.54) is 4.70 Å². The molecule has 2 aromatic carbocycles. The number of nitrogens with one attached hydrogen (secondary N) is 1. The Balaban J connectivity index is 1.33. The topological polar surface area (TPSA) is 65.5 Å². The molecule has 1 amide bonds. The van der Waals surface area contributed by atoms with Crippen molar-refractivity contribution in [3.05, 3.63) is 54.1 Å². The summed E-state index contributed by atoms with van der Waals surface area (Å²) in [5.41, 5.74) is 2.79. The Morgan fingerprint density at radius 3 is 2.50 bits per heavy atom. The van der Waals surface area contributed by atoms with E-state index in [-0.39, 0.29) is 5.91 Å². The number of anilines is 2. The van der Waals surface area contributed by atoms with Gasteiger partial charge in [-0.2, -0.15) is 0 Å². The Morgan fingerprint density at radius 2 is 1.82 bits per heavy atom. The van der Waals surface area contributed by atoms with Crippen LogP contribution in [0.4, 0.5) is 10.8 Å². The van der Waals surface area contributed by atoms with Crippen LogP contribution in [-0.4, -0.2) is 52.4 Å². The van der Waals surface area contributed by atoms with Crippen molar-refractivity contribution in [3.63, 3.8) is 0 Å². The standard InChI is InChI=1S/C20H22N4O2S2/c1-28(26)22-16-8-6-15(7-9-16)14-19(25)23-10-12-24(13-11-23)20-21-17-4-2-3-5-18(17)27-20/h2-9,22H,10-14H2,1H3. The lowest BCUT2D eigenvalue weighted by Gasteiger charge is -2.34. The summed E-state index contributed by atoms with van der Waals surface area (Å²) in [4.78, 5) is 21.6. The van der Waals surface area contributed by atoms with Gasteiger partial charge in [-0.15, -0.1) is 0 Å². The number of fused-ring (bicyclic) bond motifs is 1. The molecule has 0 aliphatic carbocycles. The smallest absolute Gasteiger partial charge is 0.227 e. The quantitative estimate of drug-likeness (QED) is 0.697. The molecular formula is C20H22N4O2S2. The Morgan fingerprint density at radius 1 is 1.11 bits per heavy atom. The Kier molecular flexibility index (Phi) is 5.59. The summed E-state index contributed by atoms with van der Waals surface area (Å²) >= 11 is 1.71. The number of piperazine rings is 1. The van der Waals surface area contributed by atoms with Crippen molar-refractivity contribution in [2.75, 3.05) is 42.1 Å². The van der Waals surface area contributed by atoms with E-state index in [0.717, 1.165) is 35.0 Å². The van der Waals surface area contributed by atoms with Gasteiger partial charge in [-0.1, -0.05) is 35.6 Å². The number of amides is 1. The minimum Gasteiger partial charge on any atom is -0.345 e. The number of nitrogens with zero attached hydrogens (tertiary/aromatic N) is 3. The highest BCUT2D eigenvalue weighted by Crippen LogP contribution is 2.29. The molecule has 1 aromatic heterocycles. The van der Waals surface area contributed by atoms with Crippen LogP contribution in [0, 0.1) is 0 Å². The maximum Gasteiger partial charge on any atom is 0.227 e. The van der Waals surface area contributed by atoms with Gasteiger partial charge in [0.05, 0.1) is 16.6 Å². The van der Waals surface area contributed by atoms with Crippen LogP contribution in [0.3, 0.4) is 0 Å². The van der Waals surface area contributed by atoms with E-state index < -0.39 is 11.0 Å². The summed E-state index contributed by atoms with van der Waals surface area (Å²) in [6, 6.07) is 15.7. The Hall–Kier alpha value is -2.45. The lowest BCUT2D eigenvalue weighted by molar-refractivity contribution is -0.130. The van der Waals surface area contributed by atoms with Crippen LogP contribution in [0.2, 0.25) is 0 Å². The minimum atomic E-state index is -1.10. The molecule has 1 unspecified atom stereocenters. The van der Waals surface area contributed by atoms with Gasteiger partial charge in [0.15, 0.2) is 5.13 Å². The van der Waals surface area contributed by atoms with E-state index in [1.54, 1.807) is 17.6 Å². The molecule has 3 aromatic rings. The Labute approximate surface area is 170 Å². The van der Waals surface area contributed by atoms with E-state index in [4.69, 9.17) is 4.98 Å². The van der Waals surface area contributed by atoms with Crippen LogP contribution in [0.1, 0.15) is 5.56 Å². The molecule has 1 N–H and O–H groups in total. The summed E-state index contributed by atoms with van der Waals surface area (Å²) in [6.45, 7) is 3.03. The van der Waals surface area contributed by atoms with Crippen LogP contribution < -0.4 is 9.62 Å². The highest BCUT2D eigenvalue weighted by Gasteiger charge is 2.23. The molecule has 1 aliphatic heterocycles. The fourth-order valence-electron chi connectivity index (χ4n) is 3.29. The zero-order valence-electron chi connectivity index (χ0n) is 15.6. The third-order valence-corrected chi connectivity index (χ3v) is 6.38. The molecule has 2 heterocycles. The molecule has 4 rings (SSSR count). The summed E-state index contributed by atoms with van der Waals surface area (Å²) in [5.74, 6) is 0.142. The van der Waals surface area contributed by atoms with Crippen molar-refractivity contribution in [2.45, 2.75) is 6.42 Å². The number of para-hydroxylation sites is 1. The highest BCUT2D eigenvalue weighted by atomic mass is 32.2. The van der Waals surface area contributed by atoms with Crippen molar-refractivity contribution in [2.24, 2.45) is 0 Å². The van der Waals surface area contributed by atoms with Gasteiger partial charge in [-0.3, -0.25) is 4.79 Å². The first kappa shape index (κ1) is 18.9. The largest absolute Gasteiger partial charge is 0.345 e. The predicted molar refractivity (Wildman–Crippen MR) is 116 cm³/mol. The maximum absolute atomic E-state index is 12.6. The number of rotatable bonds is 5. The van der Waals surface area contributed by atoms with E-state index in [9.17, 15) is 9.00 Å². The molecule has 1 fully saturated rings. The van der Waals surface area contributed by atoms with Crippen molar-refractivity contribution < 1.29 is 9.00 Å². The molecule has 1 atom stereocenters. The molecule has 6 nitrogen and oxygen atoms in total. The average molecular weight is 415 g/mol. The van der Waals surface area contributed by atoms with Crippen LogP contribution in [0.25, 0.3) is 10.2 Å². The molecule has 0 spiro atoms. The summed E-state index contributed by atoms with van der Waals surface area (Å²) in [7, 11) is -1.10. The first-order chi connectivity index (χ1) is 13.6. The van der Waals surface area contributed by atoms with Gasteiger partial charge in [0.1, 0.15) is 11.0 Å². The third kappa shape index (κ3) is 4.34. The maximum atomic E-state index is 12.6.